The molecule has 0 fully saturated rings. The number of hydrogen-bond acceptors (Lipinski definition) is 5. The van der Waals surface area contributed by atoms with Crippen molar-refractivity contribution in [3.8, 4) is 0 Å². The summed E-state index contributed by atoms with van der Waals surface area (Å²) in [6, 6.07) is 7.13. The van der Waals surface area contributed by atoms with Gasteiger partial charge in [-0.2, -0.15) is 5.10 Å². The van der Waals surface area contributed by atoms with Crippen LogP contribution >= 0.6 is 11.6 Å². The fraction of sp³-hybridized carbons (Fsp3) is 0.211. The highest BCUT2D eigenvalue weighted by atomic mass is 35.5. The van der Waals surface area contributed by atoms with Crippen molar-refractivity contribution in [2.24, 2.45) is 5.84 Å². The van der Waals surface area contributed by atoms with Crippen LogP contribution in [0.3, 0.4) is 0 Å². The number of amides is 2. The van der Waals surface area contributed by atoms with Crippen molar-refractivity contribution in [2.75, 3.05) is 5.32 Å². The zero-order chi connectivity index (χ0) is 21.9. The van der Waals surface area contributed by atoms with E-state index in [1.54, 1.807) is 24.3 Å². The lowest BCUT2D eigenvalue weighted by Crippen LogP contribution is -2.57. The predicted molar refractivity (Wildman–Crippen MR) is 106 cm³/mol. The molecule has 0 radical (unpaired) electrons. The summed E-state index contributed by atoms with van der Waals surface area (Å²) >= 11 is 5.83. The second-order valence-corrected chi connectivity index (χ2v) is 7.10. The van der Waals surface area contributed by atoms with Crippen molar-refractivity contribution in [3.05, 3.63) is 77.3 Å². The van der Waals surface area contributed by atoms with Crippen LogP contribution in [0.4, 0.5) is 19.3 Å². The third-order valence-corrected chi connectivity index (χ3v) is 4.96. The quantitative estimate of drug-likeness (QED) is 0.313. The molecule has 0 bridgehead atoms. The highest BCUT2D eigenvalue weighted by Crippen LogP contribution is 2.32. The van der Waals surface area contributed by atoms with E-state index < -0.39 is 29.3 Å². The third kappa shape index (κ3) is 4.56. The molecule has 30 heavy (non-hydrogen) atoms. The molecule has 2 atom stereocenters. The Bertz CT molecular complexity index is 1020. The number of aliphatic hydroxyl groups is 1. The van der Waals surface area contributed by atoms with Crippen LogP contribution in [-0.2, 0) is 12.1 Å². The number of nitrogens with one attached hydrogen (secondary N) is 1. The number of aromatic nitrogens is 3. The number of hydrogen-bond donors (Lipinski definition) is 3. The molecule has 4 N–H and O–H groups in total. The van der Waals surface area contributed by atoms with Gasteiger partial charge < -0.3 is 10.4 Å². The Morgan fingerprint density at radius 3 is 2.63 bits per heavy atom. The molecule has 3 rings (SSSR count). The van der Waals surface area contributed by atoms with E-state index in [2.05, 4.69) is 15.4 Å². The van der Waals surface area contributed by atoms with E-state index in [0.717, 1.165) is 17.1 Å². The molecule has 2 aromatic carbocycles. The van der Waals surface area contributed by atoms with Crippen LogP contribution in [0.1, 0.15) is 12.5 Å². The smallest absolute Gasteiger partial charge is 0.336 e. The van der Waals surface area contributed by atoms with E-state index in [-0.39, 0.29) is 12.1 Å². The van der Waals surface area contributed by atoms with Gasteiger partial charge in [-0.1, -0.05) is 17.7 Å². The molecule has 11 heteroatoms. The Balaban J connectivity index is 1.91. The summed E-state index contributed by atoms with van der Waals surface area (Å²) in [4.78, 5) is 16.4. The van der Waals surface area contributed by atoms with Gasteiger partial charge in [0.25, 0.3) is 0 Å². The Hall–Kier alpha value is -3.08. The molecule has 3 aromatic rings. The van der Waals surface area contributed by atoms with Crippen molar-refractivity contribution in [3.63, 3.8) is 0 Å². The molecule has 0 saturated carbocycles. The van der Waals surface area contributed by atoms with Gasteiger partial charge in [0.2, 0.25) is 0 Å². The van der Waals surface area contributed by atoms with Crippen LogP contribution in [0.15, 0.2) is 55.1 Å². The van der Waals surface area contributed by atoms with Crippen molar-refractivity contribution in [2.45, 2.75) is 25.1 Å². The molecule has 0 saturated heterocycles. The Kier molecular flexibility index (Phi) is 6.30. The summed E-state index contributed by atoms with van der Waals surface area (Å²) in [7, 11) is 0. The van der Waals surface area contributed by atoms with Gasteiger partial charge in [-0.25, -0.2) is 29.1 Å². The number of benzene rings is 2. The molecule has 0 aliphatic heterocycles. The Morgan fingerprint density at radius 2 is 2.03 bits per heavy atom. The van der Waals surface area contributed by atoms with E-state index in [4.69, 9.17) is 17.4 Å². The molecule has 0 spiro atoms. The minimum atomic E-state index is -2.06. The second kappa shape index (κ2) is 8.74. The minimum Gasteiger partial charge on any atom is -0.381 e. The van der Waals surface area contributed by atoms with Gasteiger partial charge >= 0.3 is 6.03 Å². The molecule has 1 aromatic heterocycles. The van der Waals surface area contributed by atoms with Crippen LogP contribution in [0, 0.1) is 11.6 Å². The van der Waals surface area contributed by atoms with Gasteiger partial charge in [0, 0.05) is 22.3 Å². The molecule has 0 aliphatic rings. The molecule has 2 amide bonds. The Labute approximate surface area is 175 Å². The van der Waals surface area contributed by atoms with E-state index in [9.17, 15) is 18.7 Å². The van der Waals surface area contributed by atoms with Gasteiger partial charge in [0.1, 0.15) is 29.9 Å². The van der Waals surface area contributed by atoms with Crippen molar-refractivity contribution in [1.82, 2.24) is 19.8 Å². The summed E-state index contributed by atoms with van der Waals surface area (Å²) in [6.07, 6.45) is 2.55. The standard InChI is InChI=1S/C19H19ClF2N6O2/c1-12(28(23)18(29)26-15-5-2-13(20)3-6-15)19(30,9-27-11-24-10-25-27)16-7-4-14(21)8-17(16)22/h2-8,10-12,30H,9,23H2,1H3,(H,26,29)/t12-,19-/m1/s1. The van der Waals surface area contributed by atoms with Crippen LogP contribution < -0.4 is 11.2 Å². The third-order valence-electron chi connectivity index (χ3n) is 4.71. The molecular formula is C19H19ClF2N6O2. The normalized spacial score (nSPS) is 14.1. The summed E-state index contributed by atoms with van der Waals surface area (Å²) in [5, 5.41) is 19.1. The lowest BCUT2D eigenvalue weighted by Gasteiger charge is -2.39. The highest BCUT2D eigenvalue weighted by molar-refractivity contribution is 6.30. The number of hydrazine groups is 1. The lowest BCUT2D eigenvalue weighted by molar-refractivity contribution is -0.0508. The van der Waals surface area contributed by atoms with Gasteiger partial charge in [0.15, 0.2) is 0 Å². The zero-order valence-electron chi connectivity index (χ0n) is 15.8. The number of urea groups is 1. The lowest BCUT2D eigenvalue weighted by atomic mass is 9.86. The summed E-state index contributed by atoms with van der Waals surface area (Å²) < 4.78 is 29.2. The number of rotatable bonds is 6. The van der Waals surface area contributed by atoms with Crippen LogP contribution in [0.25, 0.3) is 0 Å². The van der Waals surface area contributed by atoms with Crippen LogP contribution in [0.2, 0.25) is 5.02 Å². The first-order valence-corrected chi connectivity index (χ1v) is 9.19. The second-order valence-electron chi connectivity index (χ2n) is 6.66. The summed E-state index contributed by atoms with van der Waals surface area (Å²) in [5.41, 5.74) is -1.89. The van der Waals surface area contributed by atoms with E-state index in [0.29, 0.717) is 16.8 Å². The maximum atomic E-state index is 14.6. The average Bonchev–Trinajstić information content (AvgIpc) is 3.21. The van der Waals surface area contributed by atoms with E-state index in [1.807, 2.05) is 0 Å². The largest absolute Gasteiger partial charge is 0.381 e. The molecule has 0 unspecified atom stereocenters. The Morgan fingerprint density at radius 1 is 1.33 bits per heavy atom. The maximum absolute atomic E-state index is 14.6. The highest BCUT2D eigenvalue weighted by Gasteiger charge is 2.43. The number of halogens is 3. The van der Waals surface area contributed by atoms with E-state index >= 15 is 0 Å². The molecule has 8 nitrogen and oxygen atoms in total. The van der Waals surface area contributed by atoms with Crippen LogP contribution in [-0.4, -0.2) is 37.0 Å². The number of nitrogens with two attached hydrogens (primary N) is 1. The average molecular weight is 437 g/mol. The number of carbonyl (C=O) groups is 1. The SMILES string of the molecule is C[C@@H](N(N)C(=O)Nc1ccc(Cl)cc1)[C@](O)(Cn1cncn1)c1ccc(F)cc1F. The number of anilines is 1. The first-order chi connectivity index (χ1) is 14.2. The summed E-state index contributed by atoms with van der Waals surface area (Å²) in [6.45, 7) is 1.14. The van der Waals surface area contributed by atoms with Crippen molar-refractivity contribution < 1.29 is 18.7 Å². The van der Waals surface area contributed by atoms with Gasteiger partial charge in [-0.15, -0.1) is 0 Å². The van der Waals surface area contributed by atoms with Gasteiger partial charge in [0.05, 0.1) is 12.6 Å². The molecular weight excluding hydrogens is 418 g/mol. The maximum Gasteiger partial charge on any atom is 0.336 e. The first kappa shape index (κ1) is 21.6. The first-order valence-electron chi connectivity index (χ1n) is 8.81. The topological polar surface area (TPSA) is 109 Å². The van der Waals surface area contributed by atoms with Crippen molar-refractivity contribution in [1.29, 1.82) is 0 Å². The fourth-order valence-corrected chi connectivity index (χ4v) is 3.10. The van der Waals surface area contributed by atoms with Crippen LogP contribution in [0.5, 0.6) is 0 Å². The monoisotopic (exact) mass is 436 g/mol. The number of nitrogens with zero attached hydrogens (tertiary/aromatic N) is 4. The van der Waals surface area contributed by atoms with E-state index in [1.165, 1.54) is 24.3 Å². The summed E-state index contributed by atoms with van der Waals surface area (Å²) in [5.74, 6) is 4.17. The van der Waals surface area contributed by atoms with Crippen molar-refractivity contribution >= 4 is 23.3 Å². The minimum absolute atomic E-state index is 0.248. The van der Waals surface area contributed by atoms with Gasteiger partial charge in [-0.3, -0.25) is 5.01 Å². The number of carbonyl (C=O) groups excluding carboxylic acids is 1. The zero-order valence-corrected chi connectivity index (χ0v) is 16.6. The molecule has 0 aliphatic carbocycles. The fourth-order valence-electron chi connectivity index (χ4n) is 2.97. The van der Waals surface area contributed by atoms with Gasteiger partial charge in [-0.05, 0) is 37.3 Å². The molecule has 158 valence electrons. The molecule has 1 heterocycles. The predicted octanol–water partition coefficient (Wildman–Crippen LogP) is 2.89.